The summed E-state index contributed by atoms with van der Waals surface area (Å²) in [6.45, 7) is 5.67. The summed E-state index contributed by atoms with van der Waals surface area (Å²) in [7, 11) is 2.04. The van der Waals surface area contributed by atoms with Crippen LogP contribution in [-0.4, -0.2) is 34.2 Å². The smallest absolute Gasteiger partial charge is 0.181 e. The summed E-state index contributed by atoms with van der Waals surface area (Å²) in [5.74, 6) is 1.31. The lowest BCUT2D eigenvalue weighted by molar-refractivity contribution is 0.0141. The molecule has 1 saturated carbocycles. The van der Waals surface area contributed by atoms with Gasteiger partial charge >= 0.3 is 0 Å². The molecule has 0 bridgehead atoms. The normalized spacial score (nSPS) is 19.0. The van der Waals surface area contributed by atoms with Gasteiger partial charge in [-0.25, -0.2) is 4.98 Å². The van der Waals surface area contributed by atoms with Crippen molar-refractivity contribution >= 4 is 0 Å². The van der Waals surface area contributed by atoms with Gasteiger partial charge in [0.15, 0.2) is 6.39 Å². The largest absolute Gasteiger partial charge is 0.448 e. The van der Waals surface area contributed by atoms with E-state index in [2.05, 4.69) is 23.7 Å². The second-order valence-corrected chi connectivity index (χ2v) is 5.92. The molecular formula is C14H24N2O2. The van der Waals surface area contributed by atoms with Crippen LogP contribution < -0.4 is 0 Å². The zero-order valence-electron chi connectivity index (χ0n) is 11.6. The van der Waals surface area contributed by atoms with Gasteiger partial charge in [-0.2, -0.15) is 0 Å². The molecule has 0 amide bonds. The number of hydrogen-bond donors (Lipinski definition) is 1. The SMILES string of the molecule is CC(C)c1ocnc1CN(C)CC1(O)CCCC1. The summed E-state index contributed by atoms with van der Waals surface area (Å²) in [4.78, 5) is 6.43. The Morgan fingerprint density at radius 3 is 2.72 bits per heavy atom. The van der Waals surface area contributed by atoms with Gasteiger partial charge in [0.25, 0.3) is 0 Å². The Kier molecular flexibility index (Phi) is 4.07. The predicted molar refractivity (Wildman–Crippen MR) is 70.3 cm³/mol. The summed E-state index contributed by atoms with van der Waals surface area (Å²) in [5, 5.41) is 10.4. The third kappa shape index (κ3) is 3.12. The van der Waals surface area contributed by atoms with Gasteiger partial charge in [-0.1, -0.05) is 26.7 Å². The van der Waals surface area contributed by atoms with E-state index in [1.54, 1.807) is 0 Å². The third-order valence-corrected chi connectivity index (χ3v) is 3.72. The maximum Gasteiger partial charge on any atom is 0.181 e. The number of aromatic nitrogens is 1. The Morgan fingerprint density at radius 2 is 2.11 bits per heavy atom. The monoisotopic (exact) mass is 252 g/mol. The Hall–Kier alpha value is -0.870. The van der Waals surface area contributed by atoms with Gasteiger partial charge in [0.1, 0.15) is 5.76 Å². The maximum absolute atomic E-state index is 10.4. The van der Waals surface area contributed by atoms with Crippen LogP contribution in [-0.2, 0) is 6.54 Å². The molecule has 2 rings (SSSR count). The van der Waals surface area contributed by atoms with Crippen molar-refractivity contribution in [2.45, 2.75) is 57.6 Å². The van der Waals surface area contributed by atoms with Crippen molar-refractivity contribution in [2.75, 3.05) is 13.6 Å². The Balaban J connectivity index is 1.94. The highest BCUT2D eigenvalue weighted by molar-refractivity contribution is 5.11. The van der Waals surface area contributed by atoms with E-state index in [1.165, 1.54) is 6.39 Å². The number of hydrogen-bond acceptors (Lipinski definition) is 4. The van der Waals surface area contributed by atoms with Gasteiger partial charge in [-0.3, -0.25) is 4.90 Å². The van der Waals surface area contributed by atoms with E-state index in [9.17, 15) is 5.11 Å². The van der Waals surface area contributed by atoms with Crippen LogP contribution in [0.5, 0.6) is 0 Å². The molecule has 18 heavy (non-hydrogen) atoms. The van der Waals surface area contributed by atoms with E-state index in [0.29, 0.717) is 5.92 Å². The number of likely N-dealkylation sites (N-methyl/N-ethyl adjacent to an activating group) is 1. The number of aliphatic hydroxyl groups is 1. The zero-order chi connectivity index (χ0) is 13.2. The summed E-state index contributed by atoms with van der Waals surface area (Å²) in [6.07, 6.45) is 5.65. The van der Waals surface area contributed by atoms with Gasteiger partial charge in [-0.05, 0) is 19.9 Å². The number of nitrogens with zero attached hydrogens (tertiary/aromatic N) is 2. The zero-order valence-corrected chi connectivity index (χ0v) is 11.6. The van der Waals surface area contributed by atoms with Crippen molar-refractivity contribution in [1.29, 1.82) is 0 Å². The highest BCUT2D eigenvalue weighted by atomic mass is 16.3. The lowest BCUT2D eigenvalue weighted by atomic mass is 10.0. The molecule has 0 radical (unpaired) electrons. The number of oxazole rings is 1. The highest BCUT2D eigenvalue weighted by Crippen LogP contribution is 2.30. The fraction of sp³-hybridized carbons (Fsp3) is 0.786. The van der Waals surface area contributed by atoms with Crippen LogP contribution in [0.3, 0.4) is 0 Å². The molecule has 1 aromatic heterocycles. The fourth-order valence-corrected chi connectivity index (χ4v) is 2.87. The van der Waals surface area contributed by atoms with E-state index >= 15 is 0 Å². The molecule has 0 aliphatic heterocycles. The van der Waals surface area contributed by atoms with E-state index in [-0.39, 0.29) is 0 Å². The quantitative estimate of drug-likeness (QED) is 0.875. The molecule has 4 nitrogen and oxygen atoms in total. The molecule has 0 unspecified atom stereocenters. The van der Waals surface area contributed by atoms with E-state index in [4.69, 9.17) is 4.42 Å². The second kappa shape index (κ2) is 5.41. The first kappa shape index (κ1) is 13.6. The van der Waals surface area contributed by atoms with Crippen molar-refractivity contribution in [3.63, 3.8) is 0 Å². The predicted octanol–water partition coefficient (Wildman–Crippen LogP) is 2.53. The molecule has 0 spiro atoms. The van der Waals surface area contributed by atoms with Gasteiger partial charge in [0.05, 0.1) is 11.3 Å². The molecule has 0 atom stereocenters. The topological polar surface area (TPSA) is 49.5 Å². The molecule has 1 aliphatic carbocycles. The summed E-state index contributed by atoms with van der Waals surface area (Å²) in [6, 6.07) is 0. The number of rotatable bonds is 5. The van der Waals surface area contributed by atoms with Crippen LogP contribution in [0.1, 0.15) is 56.9 Å². The first-order chi connectivity index (χ1) is 8.50. The van der Waals surface area contributed by atoms with Gasteiger partial charge < -0.3 is 9.52 Å². The minimum Gasteiger partial charge on any atom is -0.448 e. The Bertz CT molecular complexity index is 381. The van der Waals surface area contributed by atoms with Crippen molar-refractivity contribution in [3.05, 3.63) is 17.8 Å². The Morgan fingerprint density at radius 1 is 1.44 bits per heavy atom. The lowest BCUT2D eigenvalue weighted by Crippen LogP contribution is -2.39. The van der Waals surface area contributed by atoms with Crippen LogP contribution >= 0.6 is 0 Å². The van der Waals surface area contributed by atoms with Crippen molar-refractivity contribution < 1.29 is 9.52 Å². The summed E-state index contributed by atoms with van der Waals surface area (Å²) in [5.41, 5.74) is 0.505. The van der Waals surface area contributed by atoms with E-state index < -0.39 is 5.60 Å². The van der Waals surface area contributed by atoms with Gasteiger partial charge in [-0.15, -0.1) is 0 Å². The maximum atomic E-state index is 10.4. The van der Waals surface area contributed by atoms with Crippen LogP contribution in [0, 0.1) is 0 Å². The average molecular weight is 252 g/mol. The van der Waals surface area contributed by atoms with Crippen LogP contribution in [0.25, 0.3) is 0 Å². The lowest BCUT2D eigenvalue weighted by Gasteiger charge is -2.28. The van der Waals surface area contributed by atoms with Crippen LogP contribution in [0.15, 0.2) is 10.8 Å². The molecule has 1 aromatic rings. The average Bonchev–Trinajstić information content (AvgIpc) is 2.87. The standard InChI is InChI=1S/C14H24N2O2/c1-11(2)13-12(15-10-18-13)8-16(3)9-14(17)6-4-5-7-14/h10-11,17H,4-9H2,1-3H3. The minimum atomic E-state index is -0.490. The van der Waals surface area contributed by atoms with Gasteiger partial charge in [0, 0.05) is 19.0 Å². The molecule has 0 saturated heterocycles. The van der Waals surface area contributed by atoms with Crippen molar-refractivity contribution in [2.24, 2.45) is 0 Å². The second-order valence-electron chi connectivity index (χ2n) is 5.92. The molecule has 1 fully saturated rings. The van der Waals surface area contributed by atoms with E-state index in [0.717, 1.165) is 50.2 Å². The molecular weight excluding hydrogens is 228 g/mol. The van der Waals surface area contributed by atoms with Gasteiger partial charge in [0.2, 0.25) is 0 Å². The Labute approximate surface area is 109 Å². The first-order valence-corrected chi connectivity index (χ1v) is 6.83. The van der Waals surface area contributed by atoms with Crippen molar-refractivity contribution in [3.8, 4) is 0 Å². The first-order valence-electron chi connectivity index (χ1n) is 6.83. The van der Waals surface area contributed by atoms with E-state index in [1.807, 2.05) is 7.05 Å². The van der Waals surface area contributed by atoms with Crippen LogP contribution in [0.4, 0.5) is 0 Å². The fourth-order valence-electron chi connectivity index (χ4n) is 2.87. The highest BCUT2D eigenvalue weighted by Gasteiger charge is 2.32. The van der Waals surface area contributed by atoms with Crippen molar-refractivity contribution in [1.82, 2.24) is 9.88 Å². The minimum absolute atomic E-state index is 0.352. The summed E-state index contributed by atoms with van der Waals surface area (Å²) < 4.78 is 5.42. The molecule has 1 heterocycles. The summed E-state index contributed by atoms with van der Waals surface area (Å²) >= 11 is 0. The molecule has 102 valence electrons. The molecule has 1 N–H and O–H groups in total. The molecule has 4 heteroatoms. The molecule has 0 aromatic carbocycles. The third-order valence-electron chi connectivity index (χ3n) is 3.72. The van der Waals surface area contributed by atoms with Crippen LogP contribution in [0.2, 0.25) is 0 Å². The molecule has 1 aliphatic rings.